The Bertz CT molecular complexity index is 303. The van der Waals surface area contributed by atoms with Gasteiger partial charge in [-0.25, -0.2) is 0 Å². The second-order valence-electron chi connectivity index (χ2n) is 4.17. The van der Waals surface area contributed by atoms with Gasteiger partial charge in [-0.15, -0.1) is 0 Å². The zero-order chi connectivity index (χ0) is 10.5. The molecule has 0 aromatic heterocycles. The van der Waals surface area contributed by atoms with Crippen LogP contribution in [0.2, 0.25) is 0 Å². The summed E-state index contributed by atoms with van der Waals surface area (Å²) in [6, 6.07) is 8.46. The zero-order valence-electron chi connectivity index (χ0n) is 9.33. The van der Waals surface area contributed by atoms with Crippen molar-refractivity contribution in [3.8, 4) is 5.75 Å². The van der Waals surface area contributed by atoms with Crippen LogP contribution in [-0.2, 0) is 0 Å². The average Bonchev–Trinajstić information content (AvgIpc) is 2.58. The first kappa shape index (κ1) is 10.5. The number of nitrogens with one attached hydrogen (secondary N) is 1. The molecule has 1 saturated heterocycles. The fraction of sp³-hybridized carbons (Fsp3) is 0.538. The molecule has 0 saturated carbocycles. The third kappa shape index (κ3) is 2.72. The van der Waals surface area contributed by atoms with Crippen LogP contribution in [0, 0.1) is 0 Å². The van der Waals surface area contributed by atoms with Crippen molar-refractivity contribution in [2.75, 3.05) is 20.2 Å². The van der Waals surface area contributed by atoms with Crippen molar-refractivity contribution in [1.82, 2.24) is 5.32 Å². The summed E-state index contributed by atoms with van der Waals surface area (Å²) in [6.45, 7) is 2.27. The van der Waals surface area contributed by atoms with Crippen LogP contribution in [0.15, 0.2) is 24.3 Å². The van der Waals surface area contributed by atoms with Gasteiger partial charge in [0.15, 0.2) is 0 Å². The molecule has 0 aliphatic carbocycles. The molecule has 1 aliphatic rings. The molecule has 2 nitrogen and oxygen atoms in total. The number of hydrogen-bond acceptors (Lipinski definition) is 2. The van der Waals surface area contributed by atoms with Crippen LogP contribution in [0.5, 0.6) is 5.75 Å². The predicted octanol–water partition coefficient (Wildman–Crippen LogP) is 2.55. The molecule has 15 heavy (non-hydrogen) atoms. The normalized spacial score (nSPS) is 22.1. The highest BCUT2D eigenvalue weighted by Gasteiger charge is 2.14. The molecule has 1 heterocycles. The van der Waals surface area contributed by atoms with E-state index in [1.54, 1.807) is 7.11 Å². The highest BCUT2D eigenvalue weighted by molar-refractivity contribution is 5.31. The summed E-state index contributed by atoms with van der Waals surface area (Å²) < 4.78 is 5.26. The van der Waals surface area contributed by atoms with Crippen molar-refractivity contribution in [3.05, 3.63) is 29.8 Å². The molecule has 2 rings (SSSR count). The van der Waals surface area contributed by atoms with E-state index in [0.29, 0.717) is 5.92 Å². The monoisotopic (exact) mass is 205 g/mol. The van der Waals surface area contributed by atoms with Gasteiger partial charge in [0.1, 0.15) is 5.75 Å². The standard InChI is InChI=1S/C13H19NO/c1-15-13-7-4-6-11(9-13)12-5-2-3-8-14-10-12/h4,6-7,9,12,14H,2-3,5,8,10H2,1H3/t12-/m1/s1. The Morgan fingerprint density at radius 2 is 2.27 bits per heavy atom. The van der Waals surface area contributed by atoms with Gasteiger partial charge in [0.2, 0.25) is 0 Å². The van der Waals surface area contributed by atoms with E-state index >= 15 is 0 Å². The molecule has 82 valence electrons. The Balaban J connectivity index is 2.12. The quantitative estimate of drug-likeness (QED) is 0.801. The van der Waals surface area contributed by atoms with Crippen molar-refractivity contribution >= 4 is 0 Å². The predicted molar refractivity (Wildman–Crippen MR) is 62.5 cm³/mol. The Hall–Kier alpha value is -1.02. The Morgan fingerprint density at radius 3 is 3.13 bits per heavy atom. The van der Waals surface area contributed by atoms with Gasteiger partial charge in [-0.05, 0) is 43.0 Å². The van der Waals surface area contributed by atoms with E-state index in [-0.39, 0.29) is 0 Å². The van der Waals surface area contributed by atoms with Crippen LogP contribution in [0.3, 0.4) is 0 Å². The molecule has 0 radical (unpaired) electrons. The minimum Gasteiger partial charge on any atom is -0.497 e. The van der Waals surface area contributed by atoms with Crippen molar-refractivity contribution in [3.63, 3.8) is 0 Å². The number of ether oxygens (including phenoxy) is 1. The number of hydrogen-bond donors (Lipinski definition) is 1. The molecule has 1 atom stereocenters. The van der Waals surface area contributed by atoms with E-state index in [2.05, 4.69) is 23.5 Å². The lowest BCUT2D eigenvalue weighted by atomic mass is 9.94. The average molecular weight is 205 g/mol. The zero-order valence-corrected chi connectivity index (χ0v) is 9.33. The SMILES string of the molecule is COc1cccc([C@@H]2CCCCNC2)c1. The van der Waals surface area contributed by atoms with Crippen LogP contribution in [0.1, 0.15) is 30.7 Å². The first-order valence-electron chi connectivity index (χ1n) is 5.75. The van der Waals surface area contributed by atoms with Gasteiger partial charge in [-0.3, -0.25) is 0 Å². The van der Waals surface area contributed by atoms with Gasteiger partial charge in [-0.2, -0.15) is 0 Å². The maximum absolute atomic E-state index is 5.26. The summed E-state index contributed by atoms with van der Waals surface area (Å²) in [5, 5.41) is 3.49. The largest absolute Gasteiger partial charge is 0.497 e. The Morgan fingerprint density at radius 1 is 1.33 bits per heavy atom. The molecular formula is C13H19NO. The van der Waals surface area contributed by atoms with E-state index in [1.807, 2.05) is 6.07 Å². The van der Waals surface area contributed by atoms with Crippen molar-refractivity contribution in [2.45, 2.75) is 25.2 Å². The van der Waals surface area contributed by atoms with Crippen LogP contribution in [-0.4, -0.2) is 20.2 Å². The van der Waals surface area contributed by atoms with Gasteiger partial charge in [0, 0.05) is 6.54 Å². The molecule has 2 heteroatoms. The topological polar surface area (TPSA) is 21.3 Å². The minimum absolute atomic E-state index is 0.655. The highest BCUT2D eigenvalue weighted by atomic mass is 16.5. The summed E-state index contributed by atoms with van der Waals surface area (Å²) >= 11 is 0. The van der Waals surface area contributed by atoms with Gasteiger partial charge in [-0.1, -0.05) is 18.6 Å². The maximum atomic E-state index is 5.26. The van der Waals surface area contributed by atoms with E-state index in [4.69, 9.17) is 4.74 Å². The maximum Gasteiger partial charge on any atom is 0.119 e. The summed E-state index contributed by atoms with van der Waals surface area (Å²) in [7, 11) is 1.73. The van der Waals surface area contributed by atoms with E-state index in [9.17, 15) is 0 Å². The molecule has 1 aliphatic heterocycles. The van der Waals surface area contributed by atoms with Crippen LogP contribution in [0.4, 0.5) is 0 Å². The fourth-order valence-corrected chi connectivity index (χ4v) is 2.20. The lowest BCUT2D eigenvalue weighted by molar-refractivity contribution is 0.413. The minimum atomic E-state index is 0.655. The summed E-state index contributed by atoms with van der Waals surface area (Å²) in [4.78, 5) is 0. The molecule has 1 aromatic carbocycles. The van der Waals surface area contributed by atoms with Crippen LogP contribution < -0.4 is 10.1 Å². The second kappa shape index (κ2) is 5.17. The third-order valence-corrected chi connectivity index (χ3v) is 3.11. The smallest absolute Gasteiger partial charge is 0.119 e. The molecular weight excluding hydrogens is 186 g/mol. The van der Waals surface area contributed by atoms with Crippen LogP contribution >= 0.6 is 0 Å². The second-order valence-corrected chi connectivity index (χ2v) is 4.17. The summed E-state index contributed by atoms with van der Waals surface area (Å²) in [5.74, 6) is 1.62. The van der Waals surface area contributed by atoms with Gasteiger partial charge in [0.05, 0.1) is 7.11 Å². The molecule has 1 aromatic rings. The molecule has 1 N–H and O–H groups in total. The van der Waals surface area contributed by atoms with Gasteiger partial charge < -0.3 is 10.1 Å². The van der Waals surface area contributed by atoms with Gasteiger partial charge in [0.25, 0.3) is 0 Å². The lowest BCUT2D eigenvalue weighted by Gasteiger charge is -2.15. The Kier molecular flexibility index (Phi) is 3.62. The number of benzene rings is 1. The highest BCUT2D eigenvalue weighted by Crippen LogP contribution is 2.25. The molecule has 0 amide bonds. The summed E-state index contributed by atoms with van der Waals surface area (Å²) in [5.41, 5.74) is 1.41. The van der Waals surface area contributed by atoms with Crippen molar-refractivity contribution in [1.29, 1.82) is 0 Å². The lowest BCUT2D eigenvalue weighted by Crippen LogP contribution is -2.19. The Labute approximate surface area is 91.6 Å². The first-order chi connectivity index (χ1) is 7.40. The van der Waals surface area contributed by atoms with Gasteiger partial charge >= 0.3 is 0 Å². The van der Waals surface area contributed by atoms with Crippen molar-refractivity contribution < 1.29 is 4.74 Å². The summed E-state index contributed by atoms with van der Waals surface area (Å²) in [6.07, 6.45) is 3.93. The molecule has 0 bridgehead atoms. The van der Waals surface area contributed by atoms with Crippen LogP contribution in [0.25, 0.3) is 0 Å². The molecule has 1 fully saturated rings. The van der Waals surface area contributed by atoms with E-state index < -0.39 is 0 Å². The number of rotatable bonds is 2. The van der Waals surface area contributed by atoms with E-state index in [0.717, 1.165) is 12.3 Å². The fourth-order valence-electron chi connectivity index (χ4n) is 2.20. The number of methoxy groups -OCH3 is 1. The third-order valence-electron chi connectivity index (χ3n) is 3.11. The van der Waals surface area contributed by atoms with E-state index in [1.165, 1.54) is 31.4 Å². The molecule has 0 unspecified atom stereocenters. The molecule has 0 spiro atoms. The first-order valence-corrected chi connectivity index (χ1v) is 5.75. The van der Waals surface area contributed by atoms with Crippen molar-refractivity contribution in [2.24, 2.45) is 0 Å².